The maximum Gasteiger partial charge on any atom is 0.143 e. The fraction of sp³-hybridized carbons (Fsp3) is 0.667. The smallest absolute Gasteiger partial charge is 0.143 e. The normalized spacial score (nSPS) is 22.0. The van der Waals surface area contributed by atoms with Crippen molar-refractivity contribution in [1.82, 2.24) is 4.90 Å². The van der Waals surface area contributed by atoms with Gasteiger partial charge in [0.05, 0.1) is 17.9 Å². The van der Waals surface area contributed by atoms with E-state index >= 15 is 0 Å². The van der Waals surface area contributed by atoms with Gasteiger partial charge in [0.25, 0.3) is 0 Å². The zero-order chi connectivity index (χ0) is 15.4. The molecule has 1 heterocycles. The SMILES string of the molecule is CC(O)CN1CCN(c2ccccc2OC2CCCC2)CC1. The molecule has 1 saturated carbocycles. The van der Waals surface area contributed by atoms with Gasteiger partial charge < -0.3 is 14.7 Å². The maximum atomic E-state index is 9.52. The van der Waals surface area contributed by atoms with E-state index in [1.165, 1.54) is 31.4 Å². The van der Waals surface area contributed by atoms with E-state index in [1.54, 1.807) is 0 Å². The average molecular weight is 304 g/mol. The summed E-state index contributed by atoms with van der Waals surface area (Å²) in [6.07, 6.45) is 5.13. The van der Waals surface area contributed by atoms with E-state index < -0.39 is 0 Å². The molecule has 1 aromatic rings. The molecule has 1 saturated heterocycles. The number of hydrogen-bond donors (Lipinski definition) is 1. The fourth-order valence-electron chi connectivity index (χ4n) is 3.55. The number of rotatable bonds is 5. The van der Waals surface area contributed by atoms with Crippen molar-refractivity contribution in [3.63, 3.8) is 0 Å². The molecule has 1 atom stereocenters. The summed E-state index contributed by atoms with van der Waals surface area (Å²) in [4.78, 5) is 4.75. The lowest BCUT2D eigenvalue weighted by atomic mass is 10.2. The van der Waals surface area contributed by atoms with Crippen molar-refractivity contribution in [2.24, 2.45) is 0 Å². The van der Waals surface area contributed by atoms with E-state index in [4.69, 9.17) is 4.74 Å². The number of aliphatic hydroxyl groups is 1. The number of ether oxygens (including phenoxy) is 1. The minimum Gasteiger partial charge on any atom is -0.488 e. The predicted molar refractivity (Wildman–Crippen MR) is 89.7 cm³/mol. The number of β-amino-alcohol motifs (C(OH)–C–C–N with tert-alkyl or cyclic N) is 1. The molecule has 0 aromatic heterocycles. The summed E-state index contributed by atoms with van der Waals surface area (Å²) >= 11 is 0. The third-order valence-corrected chi connectivity index (χ3v) is 4.70. The van der Waals surface area contributed by atoms with Gasteiger partial charge in [-0.25, -0.2) is 0 Å². The molecule has 4 heteroatoms. The summed E-state index contributed by atoms with van der Waals surface area (Å²) in [5.41, 5.74) is 1.23. The predicted octanol–water partition coefficient (Wildman–Crippen LogP) is 2.51. The standard InChI is InChI=1S/C18H28N2O2/c1-15(21)14-19-10-12-20(13-11-19)17-8-4-5-9-18(17)22-16-6-2-3-7-16/h4-5,8-9,15-16,21H,2-3,6-7,10-14H2,1H3. The third kappa shape index (κ3) is 3.93. The molecule has 1 aliphatic carbocycles. The molecule has 22 heavy (non-hydrogen) atoms. The van der Waals surface area contributed by atoms with Crippen LogP contribution in [0.2, 0.25) is 0 Å². The molecule has 0 amide bonds. The lowest BCUT2D eigenvalue weighted by Gasteiger charge is -2.37. The molecule has 3 rings (SSSR count). The Labute approximate surface area is 133 Å². The quantitative estimate of drug-likeness (QED) is 0.907. The summed E-state index contributed by atoms with van der Waals surface area (Å²) < 4.78 is 6.26. The highest BCUT2D eigenvalue weighted by molar-refractivity contribution is 5.58. The third-order valence-electron chi connectivity index (χ3n) is 4.70. The van der Waals surface area contributed by atoms with Gasteiger partial charge in [-0.3, -0.25) is 4.90 Å². The summed E-state index contributed by atoms with van der Waals surface area (Å²) in [7, 11) is 0. The first kappa shape index (κ1) is 15.6. The van der Waals surface area contributed by atoms with Crippen LogP contribution in [0.15, 0.2) is 24.3 Å². The van der Waals surface area contributed by atoms with Gasteiger partial charge in [-0.2, -0.15) is 0 Å². The number of benzene rings is 1. The highest BCUT2D eigenvalue weighted by Crippen LogP contribution is 2.32. The summed E-state index contributed by atoms with van der Waals surface area (Å²) in [5.74, 6) is 1.04. The Bertz CT molecular complexity index is 464. The van der Waals surface area contributed by atoms with Crippen molar-refractivity contribution < 1.29 is 9.84 Å². The molecule has 0 bridgehead atoms. The van der Waals surface area contributed by atoms with Crippen LogP contribution in [-0.4, -0.2) is 54.9 Å². The topological polar surface area (TPSA) is 35.9 Å². The number of para-hydroxylation sites is 2. The van der Waals surface area contributed by atoms with Crippen LogP contribution in [0.4, 0.5) is 5.69 Å². The molecule has 1 N–H and O–H groups in total. The second-order valence-electron chi connectivity index (χ2n) is 6.63. The average Bonchev–Trinajstić information content (AvgIpc) is 3.01. The Kier molecular flexibility index (Phi) is 5.21. The van der Waals surface area contributed by atoms with Gasteiger partial charge in [0.1, 0.15) is 5.75 Å². The van der Waals surface area contributed by atoms with Crippen LogP contribution in [0, 0.1) is 0 Å². The fourth-order valence-corrected chi connectivity index (χ4v) is 3.55. The molecule has 2 aliphatic rings. The highest BCUT2D eigenvalue weighted by Gasteiger charge is 2.22. The van der Waals surface area contributed by atoms with Gasteiger partial charge in [0.15, 0.2) is 0 Å². The lowest BCUT2D eigenvalue weighted by molar-refractivity contribution is 0.122. The first-order valence-electron chi connectivity index (χ1n) is 8.63. The Morgan fingerprint density at radius 2 is 1.82 bits per heavy atom. The van der Waals surface area contributed by atoms with Crippen LogP contribution in [0.3, 0.4) is 0 Å². The Balaban J connectivity index is 1.62. The lowest BCUT2D eigenvalue weighted by Crippen LogP contribution is -2.48. The number of aliphatic hydroxyl groups excluding tert-OH is 1. The molecule has 122 valence electrons. The minimum absolute atomic E-state index is 0.246. The number of hydrogen-bond acceptors (Lipinski definition) is 4. The number of piperazine rings is 1. The van der Waals surface area contributed by atoms with Crippen molar-refractivity contribution in [3.05, 3.63) is 24.3 Å². The number of nitrogens with zero attached hydrogens (tertiary/aromatic N) is 2. The van der Waals surface area contributed by atoms with Crippen molar-refractivity contribution in [1.29, 1.82) is 0 Å². The Hall–Kier alpha value is -1.26. The van der Waals surface area contributed by atoms with Gasteiger partial charge in [-0.1, -0.05) is 12.1 Å². The van der Waals surface area contributed by atoms with E-state index in [0.29, 0.717) is 6.10 Å². The van der Waals surface area contributed by atoms with Crippen molar-refractivity contribution in [2.75, 3.05) is 37.6 Å². The molecule has 4 nitrogen and oxygen atoms in total. The first-order chi connectivity index (χ1) is 10.7. The highest BCUT2D eigenvalue weighted by atomic mass is 16.5. The molecular weight excluding hydrogens is 276 g/mol. The summed E-state index contributed by atoms with van der Waals surface area (Å²) in [5, 5.41) is 9.52. The van der Waals surface area contributed by atoms with Gasteiger partial charge >= 0.3 is 0 Å². The van der Waals surface area contributed by atoms with Crippen LogP contribution in [0.1, 0.15) is 32.6 Å². The monoisotopic (exact) mass is 304 g/mol. The van der Waals surface area contributed by atoms with E-state index in [1.807, 2.05) is 6.92 Å². The maximum absolute atomic E-state index is 9.52. The van der Waals surface area contributed by atoms with Crippen LogP contribution in [0.5, 0.6) is 5.75 Å². The van der Waals surface area contributed by atoms with Gasteiger partial charge in [-0.15, -0.1) is 0 Å². The van der Waals surface area contributed by atoms with Crippen LogP contribution >= 0.6 is 0 Å². The van der Waals surface area contributed by atoms with E-state index in [2.05, 4.69) is 34.1 Å². The second-order valence-corrected chi connectivity index (χ2v) is 6.63. The Morgan fingerprint density at radius 1 is 1.14 bits per heavy atom. The van der Waals surface area contributed by atoms with Crippen molar-refractivity contribution >= 4 is 5.69 Å². The van der Waals surface area contributed by atoms with Crippen molar-refractivity contribution in [2.45, 2.75) is 44.8 Å². The molecule has 1 unspecified atom stereocenters. The second kappa shape index (κ2) is 7.34. The largest absolute Gasteiger partial charge is 0.488 e. The Morgan fingerprint density at radius 3 is 2.50 bits per heavy atom. The molecule has 2 fully saturated rings. The molecule has 0 radical (unpaired) electrons. The van der Waals surface area contributed by atoms with Gasteiger partial charge in [-0.05, 0) is 44.7 Å². The molecule has 0 spiro atoms. The van der Waals surface area contributed by atoms with Crippen LogP contribution < -0.4 is 9.64 Å². The molecular formula is C18H28N2O2. The van der Waals surface area contributed by atoms with Crippen LogP contribution in [-0.2, 0) is 0 Å². The zero-order valence-corrected chi connectivity index (χ0v) is 13.6. The van der Waals surface area contributed by atoms with Gasteiger partial charge in [0, 0.05) is 32.7 Å². The molecule has 1 aliphatic heterocycles. The number of anilines is 1. The summed E-state index contributed by atoms with van der Waals surface area (Å²) in [6.45, 7) is 6.63. The zero-order valence-electron chi connectivity index (χ0n) is 13.6. The molecule has 1 aromatic carbocycles. The summed E-state index contributed by atoms with van der Waals surface area (Å²) in [6, 6.07) is 8.45. The van der Waals surface area contributed by atoms with Crippen molar-refractivity contribution in [3.8, 4) is 5.75 Å². The van der Waals surface area contributed by atoms with Crippen LogP contribution in [0.25, 0.3) is 0 Å². The first-order valence-corrected chi connectivity index (χ1v) is 8.63. The van der Waals surface area contributed by atoms with E-state index in [0.717, 1.165) is 38.5 Å². The minimum atomic E-state index is -0.246. The van der Waals surface area contributed by atoms with E-state index in [9.17, 15) is 5.11 Å². The van der Waals surface area contributed by atoms with E-state index in [-0.39, 0.29) is 6.10 Å². The van der Waals surface area contributed by atoms with Gasteiger partial charge in [0.2, 0.25) is 0 Å².